The summed E-state index contributed by atoms with van der Waals surface area (Å²) in [6, 6.07) is -0.896. The van der Waals surface area contributed by atoms with Crippen molar-refractivity contribution < 1.29 is 32.9 Å². The lowest BCUT2D eigenvalue weighted by atomic mass is 10.0. The molecule has 2 N–H and O–H groups in total. The largest absolute Gasteiger partial charge is 0.756 e. The van der Waals surface area contributed by atoms with Crippen molar-refractivity contribution in [2.24, 2.45) is 0 Å². The van der Waals surface area contributed by atoms with Gasteiger partial charge in [-0.2, -0.15) is 0 Å². The molecule has 0 bridgehead atoms. The number of aliphatic hydroxyl groups is 1. The molecule has 1 unspecified atom stereocenters. The molecule has 0 aromatic carbocycles. The maximum atomic E-state index is 12.8. The predicted molar refractivity (Wildman–Crippen MR) is 215 cm³/mol. The van der Waals surface area contributed by atoms with Crippen LogP contribution in [0.4, 0.5) is 0 Å². The van der Waals surface area contributed by atoms with Gasteiger partial charge in [-0.3, -0.25) is 9.36 Å². The average Bonchev–Trinajstić information content (AvgIpc) is 3.07. The Morgan fingerprint density at radius 2 is 1.10 bits per heavy atom. The number of allylic oxidation sites excluding steroid dienone is 3. The summed E-state index contributed by atoms with van der Waals surface area (Å²) in [5.41, 5.74) is 0. The zero-order valence-electron chi connectivity index (χ0n) is 34.1. The van der Waals surface area contributed by atoms with Gasteiger partial charge in [0.05, 0.1) is 39.9 Å². The first-order valence-electron chi connectivity index (χ1n) is 21.2. The van der Waals surface area contributed by atoms with Crippen LogP contribution in [0.15, 0.2) is 24.3 Å². The zero-order valence-corrected chi connectivity index (χ0v) is 35.0. The van der Waals surface area contributed by atoms with Crippen LogP contribution in [0.25, 0.3) is 0 Å². The molecule has 0 aliphatic rings. The summed E-state index contributed by atoms with van der Waals surface area (Å²) in [7, 11) is 1.25. The fourth-order valence-corrected chi connectivity index (χ4v) is 6.71. The minimum Gasteiger partial charge on any atom is -0.756 e. The Morgan fingerprint density at radius 3 is 1.59 bits per heavy atom. The van der Waals surface area contributed by atoms with Crippen LogP contribution < -0.4 is 10.2 Å². The summed E-state index contributed by atoms with van der Waals surface area (Å²) in [5, 5.41) is 13.7. The Balaban J connectivity index is 4.51. The smallest absolute Gasteiger partial charge is 0.268 e. The maximum absolute atomic E-state index is 12.8. The van der Waals surface area contributed by atoms with E-state index in [0.717, 1.165) is 38.5 Å². The Hall–Kier alpha value is -1.02. The molecule has 0 aromatic heterocycles. The summed E-state index contributed by atoms with van der Waals surface area (Å²) < 4.78 is 23.1. The highest BCUT2D eigenvalue weighted by Gasteiger charge is 2.23. The monoisotopic (exact) mass is 743 g/mol. The maximum Gasteiger partial charge on any atom is 0.268 e. The van der Waals surface area contributed by atoms with Crippen LogP contribution in [-0.4, -0.2) is 68.5 Å². The molecule has 0 aliphatic heterocycles. The molecule has 0 spiro atoms. The number of amides is 1. The van der Waals surface area contributed by atoms with Gasteiger partial charge >= 0.3 is 0 Å². The van der Waals surface area contributed by atoms with Gasteiger partial charge in [-0.05, 0) is 32.1 Å². The number of carbonyl (C=O) groups excluding carboxylic acids is 1. The summed E-state index contributed by atoms with van der Waals surface area (Å²) >= 11 is 0. The Kier molecular flexibility index (Phi) is 34.0. The van der Waals surface area contributed by atoms with Crippen LogP contribution in [0.2, 0.25) is 0 Å². The van der Waals surface area contributed by atoms with E-state index in [-0.39, 0.29) is 19.1 Å². The van der Waals surface area contributed by atoms with E-state index in [9.17, 15) is 19.4 Å². The molecule has 0 fully saturated rings. The van der Waals surface area contributed by atoms with E-state index in [0.29, 0.717) is 17.4 Å². The number of aliphatic hydroxyl groups excluding tert-OH is 1. The molecule has 0 aliphatic carbocycles. The molecule has 51 heavy (non-hydrogen) atoms. The third-order valence-corrected chi connectivity index (χ3v) is 10.4. The van der Waals surface area contributed by atoms with Gasteiger partial charge in [0.1, 0.15) is 13.2 Å². The van der Waals surface area contributed by atoms with Crippen molar-refractivity contribution in [2.75, 3.05) is 40.9 Å². The van der Waals surface area contributed by atoms with Crippen molar-refractivity contribution in [1.82, 2.24) is 5.32 Å². The molecule has 3 atom stereocenters. The standard InChI is InChI=1S/C42H83N2O6P/c1-6-8-10-12-14-16-18-20-21-22-24-25-27-29-31-33-35-41(45)40(39-50-51(47,48)49-38-37-44(3,4)5)43-42(46)36-34-32-30-28-26-23-19-17-15-13-11-9-7-2/h25,27,33,35,40-41,45H,6-24,26,28-32,34,36-39H2,1-5H3,(H-,43,46,47,48)/b27-25+,35-33+/t40-,41+/m0/s1. The van der Waals surface area contributed by atoms with E-state index in [1.54, 1.807) is 6.08 Å². The number of quaternary nitrogens is 1. The van der Waals surface area contributed by atoms with Crippen LogP contribution in [0, 0.1) is 0 Å². The zero-order chi connectivity index (χ0) is 37.9. The van der Waals surface area contributed by atoms with Crippen LogP contribution in [0.3, 0.4) is 0 Å². The average molecular weight is 743 g/mol. The highest BCUT2D eigenvalue weighted by atomic mass is 31.2. The SMILES string of the molecule is CCCCCCCCCCCC/C=C/CC/C=C/[C@@H](O)[C@H](COP(=O)([O-])OCC[N+](C)(C)C)NC(=O)CCCCCCCCCCCCCCC. The first-order valence-corrected chi connectivity index (χ1v) is 22.7. The van der Waals surface area contributed by atoms with Crippen molar-refractivity contribution in [1.29, 1.82) is 0 Å². The van der Waals surface area contributed by atoms with Crippen molar-refractivity contribution in [3.05, 3.63) is 24.3 Å². The highest BCUT2D eigenvalue weighted by Crippen LogP contribution is 2.38. The molecule has 9 heteroatoms. The minimum atomic E-state index is -4.59. The third kappa shape index (κ3) is 37.1. The summed E-state index contributed by atoms with van der Waals surface area (Å²) in [6.45, 7) is 4.62. The van der Waals surface area contributed by atoms with E-state index in [4.69, 9.17) is 9.05 Å². The molecular weight excluding hydrogens is 659 g/mol. The molecule has 0 aromatic rings. The van der Waals surface area contributed by atoms with Gasteiger partial charge in [0, 0.05) is 6.42 Å². The van der Waals surface area contributed by atoms with Crippen molar-refractivity contribution in [2.45, 2.75) is 199 Å². The first kappa shape index (κ1) is 50.0. The van der Waals surface area contributed by atoms with Crippen LogP contribution in [-0.2, 0) is 18.4 Å². The Labute approximate surface area is 315 Å². The molecule has 0 saturated heterocycles. The molecule has 0 heterocycles. The predicted octanol–water partition coefficient (Wildman–Crippen LogP) is 10.7. The molecule has 0 rings (SSSR count). The molecule has 0 saturated carbocycles. The normalized spacial score (nSPS) is 14.7. The molecule has 8 nitrogen and oxygen atoms in total. The summed E-state index contributed by atoms with van der Waals surface area (Å²) in [6.07, 6.45) is 39.3. The Bertz CT molecular complexity index is 891. The number of hydrogen-bond acceptors (Lipinski definition) is 6. The van der Waals surface area contributed by atoms with E-state index < -0.39 is 20.0 Å². The Morgan fingerprint density at radius 1 is 0.667 bits per heavy atom. The van der Waals surface area contributed by atoms with Gasteiger partial charge in [-0.25, -0.2) is 0 Å². The van der Waals surface area contributed by atoms with Gasteiger partial charge in [0.25, 0.3) is 7.82 Å². The first-order chi connectivity index (χ1) is 24.5. The number of rotatable bonds is 38. The molecular formula is C42H83N2O6P. The fourth-order valence-electron chi connectivity index (χ4n) is 5.99. The number of nitrogens with one attached hydrogen (secondary N) is 1. The van der Waals surface area contributed by atoms with Crippen LogP contribution in [0.1, 0.15) is 187 Å². The molecule has 1 amide bonds. The number of likely N-dealkylation sites (N-methyl/N-ethyl adjacent to an activating group) is 1. The lowest BCUT2D eigenvalue weighted by Crippen LogP contribution is -2.45. The number of nitrogens with zero attached hydrogens (tertiary/aromatic N) is 1. The number of phosphoric acid groups is 1. The number of phosphoric ester groups is 1. The second kappa shape index (κ2) is 34.7. The lowest BCUT2D eigenvalue weighted by molar-refractivity contribution is -0.870. The van der Waals surface area contributed by atoms with E-state index in [1.165, 1.54) is 128 Å². The van der Waals surface area contributed by atoms with E-state index in [2.05, 4.69) is 31.3 Å². The number of hydrogen-bond donors (Lipinski definition) is 2. The van der Waals surface area contributed by atoms with Gasteiger partial charge < -0.3 is 28.8 Å². The second-order valence-corrected chi connectivity index (χ2v) is 17.1. The van der Waals surface area contributed by atoms with Crippen LogP contribution >= 0.6 is 7.82 Å². The van der Waals surface area contributed by atoms with Gasteiger partial charge in [-0.1, -0.05) is 173 Å². The highest BCUT2D eigenvalue weighted by molar-refractivity contribution is 7.45. The van der Waals surface area contributed by atoms with Crippen molar-refractivity contribution in [3.63, 3.8) is 0 Å². The number of carbonyl (C=O) groups is 1. The topological polar surface area (TPSA) is 108 Å². The van der Waals surface area contributed by atoms with E-state index >= 15 is 0 Å². The van der Waals surface area contributed by atoms with Gasteiger partial charge in [0.15, 0.2) is 0 Å². The van der Waals surface area contributed by atoms with Crippen molar-refractivity contribution >= 4 is 13.7 Å². The molecule has 302 valence electrons. The lowest BCUT2D eigenvalue weighted by Gasteiger charge is -2.29. The fraction of sp³-hybridized carbons (Fsp3) is 0.881. The molecule has 0 radical (unpaired) electrons. The second-order valence-electron chi connectivity index (χ2n) is 15.7. The van der Waals surface area contributed by atoms with Gasteiger partial charge in [0.2, 0.25) is 5.91 Å². The quantitative estimate of drug-likeness (QED) is 0.0282. The number of unbranched alkanes of at least 4 members (excludes halogenated alkanes) is 23. The third-order valence-electron chi connectivity index (χ3n) is 9.41. The van der Waals surface area contributed by atoms with Gasteiger partial charge in [-0.15, -0.1) is 0 Å². The van der Waals surface area contributed by atoms with E-state index in [1.807, 2.05) is 27.2 Å². The van der Waals surface area contributed by atoms with Crippen LogP contribution in [0.5, 0.6) is 0 Å². The minimum absolute atomic E-state index is 0.00445. The summed E-state index contributed by atoms with van der Waals surface area (Å²) in [4.78, 5) is 25.2. The summed E-state index contributed by atoms with van der Waals surface area (Å²) in [5.74, 6) is -0.208. The van der Waals surface area contributed by atoms with Crippen molar-refractivity contribution in [3.8, 4) is 0 Å².